The van der Waals surface area contributed by atoms with Crippen LogP contribution in [0.3, 0.4) is 0 Å². The molecule has 0 aliphatic carbocycles. The van der Waals surface area contributed by atoms with E-state index >= 15 is 0 Å². The standard InChI is InChI=1S/2C32H52O3S.Ba/c2*1-3-5-7-9-11-13-15-17-19-22-28-24-21-25-30-27-31(36(33,34)35)26-29(32(28)30)23-20-18-16-14-12-10-8-6-4-2;/h2*21,24-27H,3-20,22-23H2,1-2H3,(H,33,34,35);/q;;+2/p-2. The first-order valence-electron chi connectivity index (χ1n) is 29.9. The van der Waals surface area contributed by atoms with E-state index in [9.17, 15) is 25.9 Å². The maximum Gasteiger partial charge on any atom is 2.00 e. The van der Waals surface area contributed by atoms with E-state index in [0.717, 1.165) is 86.1 Å². The van der Waals surface area contributed by atoms with Gasteiger partial charge in [-0.3, -0.25) is 0 Å². The van der Waals surface area contributed by atoms with E-state index < -0.39 is 20.2 Å². The van der Waals surface area contributed by atoms with Gasteiger partial charge in [-0.1, -0.05) is 270 Å². The summed E-state index contributed by atoms with van der Waals surface area (Å²) in [6.45, 7) is 9.02. The van der Waals surface area contributed by atoms with Gasteiger partial charge in [-0.05, 0) is 119 Å². The molecule has 9 heteroatoms. The van der Waals surface area contributed by atoms with Gasteiger partial charge in [-0.2, -0.15) is 0 Å². The van der Waals surface area contributed by atoms with Crippen LogP contribution in [0.2, 0.25) is 0 Å². The van der Waals surface area contributed by atoms with Crippen LogP contribution in [0, 0.1) is 0 Å². The second-order valence-corrected chi connectivity index (χ2v) is 24.2. The van der Waals surface area contributed by atoms with E-state index in [-0.39, 0.29) is 58.7 Å². The van der Waals surface area contributed by atoms with Crippen molar-refractivity contribution in [2.75, 3.05) is 0 Å². The number of unbranched alkanes of at least 4 members (excludes halogenated alkanes) is 32. The first-order chi connectivity index (χ1) is 34.9. The van der Waals surface area contributed by atoms with E-state index in [0.29, 0.717) is 0 Å². The topological polar surface area (TPSA) is 114 Å². The minimum atomic E-state index is -4.47. The predicted octanol–water partition coefficient (Wildman–Crippen LogP) is 19.4. The molecule has 0 fully saturated rings. The van der Waals surface area contributed by atoms with E-state index in [1.807, 2.05) is 24.3 Å². The Morgan fingerprint density at radius 2 is 0.521 bits per heavy atom. The number of benzene rings is 4. The Hall–Kier alpha value is -1.21. The summed E-state index contributed by atoms with van der Waals surface area (Å²) in [5.74, 6) is 0. The van der Waals surface area contributed by atoms with Crippen LogP contribution in [-0.2, 0) is 45.9 Å². The van der Waals surface area contributed by atoms with Crippen LogP contribution in [0.5, 0.6) is 0 Å². The maximum absolute atomic E-state index is 11.8. The molecule has 0 radical (unpaired) electrons. The normalized spacial score (nSPS) is 11.8. The van der Waals surface area contributed by atoms with Crippen LogP contribution in [0.1, 0.15) is 281 Å². The van der Waals surface area contributed by atoms with Gasteiger partial charge in [0, 0.05) is 0 Å². The van der Waals surface area contributed by atoms with Gasteiger partial charge in [0.25, 0.3) is 0 Å². The van der Waals surface area contributed by atoms with Crippen LogP contribution >= 0.6 is 0 Å². The molecular formula is C64H102BaO6S2. The predicted molar refractivity (Wildman–Crippen MR) is 313 cm³/mol. The molecule has 0 heterocycles. The molecule has 0 amide bonds. The molecule has 0 bridgehead atoms. The molecule has 0 aromatic heterocycles. The smallest absolute Gasteiger partial charge is 0.744 e. The molecule has 0 unspecified atom stereocenters. The van der Waals surface area contributed by atoms with Crippen molar-refractivity contribution in [1.29, 1.82) is 0 Å². The van der Waals surface area contributed by atoms with Crippen LogP contribution < -0.4 is 0 Å². The second-order valence-electron chi connectivity index (χ2n) is 21.4. The zero-order valence-corrected chi connectivity index (χ0v) is 53.1. The van der Waals surface area contributed by atoms with Crippen molar-refractivity contribution in [1.82, 2.24) is 0 Å². The van der Waals surface area contributed by atoms with Gasteiger partial charge in [-0.25, -0.2) is 16.8 Å². The Morgan fingerprint density at radius 3 is 0.753 bits per heavy atom. The first-order valence-corrected chi connectivity index (χ1v) is 32.8. The SMILES string of the molecule is CCCCCCCCCCCc1cccc2cc(S(=O)(=O)[O-])cc(CCCCCCCCCCC)c12.CCCCCCCCCCCc1cccc2cc(S(=O)(=O)[O-])cc(CCCCCCCCCCC)c12.[Ba+2]. The largest absolute Gasteiger partial charge is 2.00 e. The summed E-state index contributed by atoms with van der Waals surface area (Å²) in [6, 6.07) is 18.8. The molecule has 0 N–H and O–H groups in total. The first kappa shape index (κ1) is 67.9. The summed E-state index contributed by atoms with van der Waals surface area (Å²) in [5.41, 5.74) is 4.68. The third-order valence-corrected chi connectivity index (χ3v) is 16.6. The summed E-state index contributed by atoms with van der Waals surface area (Å²) in [4.78, 5) is -0.165. The quantitative estimate of drug-likeness (QED) is 0.0248. The third-order valence-electron chi connectivity index (χ3n) is 15.0. The number of aryl methyl sites for hydroxylation is 4. The third kappa shape index (κ3) is 29.4. The summed E-state index contributed by atoms with van der Waals surface area (Å²) in [7, 11) is -8.93. The molecule has 4 rings (SSSR count). The Bertz CT molecular complexity index is 2100. The number of hydrogen-bond donors (Lipinski definition) is 0. The van der Waals surface area contributed by atoms with Gasteiger partial charge in [0.1, 0.15) is 20.2 Å². The summed E-state index contributed by atoms with van der Waals surface area (Å²) < 4.78 is 71.0. The molecule has 0 aliphatic heterocycles. The molecule has 0 saturated heterocycles. The fraction of sp³-hybridized carbons (Fsp3) is 0.688. The van der Waals surface area contributed by atoms with Crippen molar-refractivity contribution in [2.24, 2.45) is 0 Å². The van der Waals surface area contributed by atoms with Crippen LogP contribution in [0.15, 0.2) is 70.5 Å². The summed E-state index contributed by atoms with van der Waals surface area (Å²) in [6.07, 6.45) is 49.9. The summed E-state index contributed by atoms with van der Waals surface area (Å²) >= 11 is 0. The van der Waals surface area contributed by atoms with E-state index in [2.05, 4.69) is 39.8 Å². The van der Waals surface area contributed by atoms with E-state index in [4.69, 9.17) is 0 Å². The molecule has 0 atom stereocenters. The van der Waals surface area contributed by atoms with Gasteiger partial charge in [0.15, 0.2) is 0 Å². The zero-order valence-electron chi connectivity index (χ0n) is 47.0. The Labute approximate surface area is 489 Å². The van der Waals surface area contributed by atoms with Crippen molar-refractivity contribution < 1.29 is 25.9 Å². The summed E-state index contributed by atoms with van der Waals surface area (Å²) in [5, 5.41) is 4.16. The van der Waals surface area contributed by atoms with E-state index in [1.165, 1.54) is 215 Å². The van der Waals surface area contributed by atoms with Crippen molar-refractivity contribution in [2.45, 2.75) is 294 Å². The average molecular weight is 1170 g/mol. The minimum Gasteiger partial charge on any atom is -0.744 e. The average Bonchev–Trinajstić information content (AvgIpc) is 3.36. The Balaban J connectivity index is 0.000000493. The van der Waals surface area contributed by atoms with Crippen molar-refractivity contribution in [3.63, 3.8) is 0 Å². The fourth-order valence-corrected chi connectivity index (χ4v) is 11.9. The molecule has 408 valence electrons. The van der Waals surface area contributed by atoms with Gasteiger partial charge in [0.05, 0.1) is 9.79 Å². The van der Waals surface area contributed by atoms with Gasteiger partial charge < -0.3 is 9.11 Å². The van der Waals surface area contributed by atoms with Crippen molar-refractivity contribution >= 4 is 90.7 Å². The molecule has 73 heavy (non-hydrogen) atoms. The monoisotopic (exact) mass is 1170 g/mol. The molecule has 0 saturated carbocycles. The molecule has 0 spiro atoms. The minimum absolute atomic E-state index is 0. The molecular weight excluding hydrogens is 1070 g/mol. The number of fused-ring (bicyclic) bond motifs is 2. The van der Waals surface area contributed by atoms with Gasteiger partial charge >= 0.3 is 48.9 Å². The maximum atomic E-state index is 11.8. The molecule has 0 aliphatic rings. The molecule has 6 nitrogen and oxygen atoms in total. The number of rotatable bonds is 42. The van der Waals surface area contributed by atoms with Crippen LogP contribution in [0.4, 0.5) is 0 Å². The number of hydrogen-bond acceptors (Lipinski definition) is 6. The second kappa shape index (κ2) is 41.8. The van der Waals surface area contributed by atoms with Crippen molar-refractivity contribution in [3.05, 3.63) is 82.9 Å². The molecule has 4 aromatic rings. The molecule has 4 aromatic carbocycles. The van der Waals surface area contributed by atoms with Crippen molar-refractivity contribution in [3.8, 4) is 0 Å². The Morgan fingerprint density at radius 1 is 0.301 bits per heavy atom. The Kier molecular flexibility index (Phi) is 38.9. The van der Waals surface area contributed by atoms with Gasteiger partial charge in [-0.15, -0.1) is 0 Å². The zero-order chi connectivity index (χ0) is 52.1. The van der Waals surface area contributed by atoms with E-state index in [1.54, 1.807) is 24.3 Å². The van der Waals surface area contributed by atoms with Crippen LogP contribution in [0.25, 0.3) is 21.5 Å². The van der Waals surface area contributed by atoms with Crippen LogP contribution in [-0.4, -0.2) is 74.8 Å². The fourth-order valence-electron chi connectivity index (χ4n) is 10.7. The van der Waals surface area contributed by atoms with Gasteiger partial charge in [0.2, 0.25) is 0 Å².